The number of likely N-dealkylation sites (N-methyl/N-ethyl adjacent to an activating group) is 1. The maximum atomic E-state index is 11.9. The zero-order chi connectivity index (χ0) is 17.2. The normalized spacial score (nSPS) is 10.5. The van der Waals surface area contributed by atoms with E-state index in [4.69, 9.17) is 4.74 Å². The number of nitrogens with zero attached hydrogens (tertiary/aromatic N) is 2. The van der Waals surface area contributed by atoms with Crippen LogP contribution in [0.5, 0.6) is 5.75 Å². The summed E-state index contributed by atoms with van der Waals surface area (Å²) in [7, 11) is 4.05. The van der Waals surface area contributed by atoms with Gasteiger partial charge >= 0.3 is 0 Å². The van der Waals surface area contributed by atoms with Crippen molar-refractivity contribution in [3.8, 4) is 5.75 Å². The molecule has 0 saturated carbocycles. The topological polar surface area (TPSA) is 66.5 Å². The summed E-state index contributed by atoms with van der Waals surface area (Å²) in [5.74, 6) is 1.46. The van der Waals surface area contributed by atoms with E-state index in [1.165, 1.54) is 0 Å². The molecule has 0 bridgehead atoms. The zero-order valence-corrected chi connectivity index (χ0v) is 14.2. The Hall–Kier alpha value is -2.60. The first kappa shape index (κ1) is 17.7. The van der Waals surface area contributed by atoms with E-state index in [9.17, 15) is 4.79 Å². The van der Waals surface area contributed by atoms with Crippen molar-refractivity contribution in [2.45, 2.75) is 6.42 Å². The van der Waals surface area contributed by atoms with Gasteiger partial charge in [0.2, 0.25) is 5.91 Å². The van der Waals surface area contributed by atoms with Crippen LogP contribution >= 0.6 is 0 Å². The highest BCUT2D eigenvalue weighted by molar-refractivity contribution is 5.90. The molecule has 0 fully saturated rings. The average molecular weight is 328 g/mol. The van der Waals surface area contributed by atoms with Crippen molar-refractivity contribution < 1.29 is 9.53 Å². The van der Waals surface area contributed by atoms with Crippen LogP contribution in [0, 0.1) is 0 Å². The second-order valence-corrected chi connectivity index (χ2v) is 5.62. The third-order valence-corrected chi connectivity index (χ3v) is 3.25. The molecule has 6 nitrogen and oxygen atoms in total. The summed E-state index contributed by atoms with van der Waals surface area (Å²) in [6, 6.07) is 13.1. The SMILES string of the molecule is CN(C)CCNc1ccc(NC(=O)CCOc2ccccc2)cn1. The number of para-hydroxylation sites is 1. The molecule has 1 aromatic carbocycles. The van der Waals surface area contributed by atoms with Gasteiger partial charge in [-0.2, -0.15) is 0 Å². The largest absolute Gasteiger partial charge is 0.493 e. The van der Waals surface area contributed by atoms with E-state index in [0.29, 0.717) is 12.3 Å². The molecular weight excluding hydrogens is 304 g/mol. The molecular formula is C18H24N4O2. The third-order valence-electron chi connectivity index (χ3n) is 3.25. The Kier molecular flexibility index (Phi) is 7.04. The Morgan fingerprint density at radius 1 is 1.17 bits per heavy atom. The van der Waals surface area contributed by atoms with Crippen molar-refractivity contribution >= 4 is 17.4 Å². The summed E-state index contributed by atoms with van der Waals surface area (Å²) < 4.78 is 5.51. The number of carbonyl (C=O) groups excluding carboxylic acids is 1. The molecule has 0 atom stereocenters. The predicted molar refractivity (Wildman–Crippen MR) is 96.5 cm³/mol. The molecule has 2 aromatic rings. The van der Waals surface area contributed by atoms with Crippen LogP contribution < -0.4 is 15.4 Å². The second-order valence-electron chi connectivity index (χ2n) is 5.62. The molecule has 2 rings (SSSR count). The van der Waals surface area contributed by atoms with Gasteiger partial charge in [-0.1, -0.05) is 18.2 Å². The summed E-state index contributed by atoms with van der Waals surface area (Å²) >= 11 is 0. The lowest BCUT2D eigenvalue weighted by Crippen LogP contribution is -2.21. The van der Waals surface area contributed by atoms with Gasteiger partial charge in [0.15, 0.2) is 0 Å². The Bertz CT molecular complexity index is 615. The van der Waals surface area contributed by atoms with Crippen LogP contribution in [0.1, 0.15) is 6.42 Å². The molecule has 0 aliphatic rings. The fourth-order valence-corrected chi connectivity index (χ4v) is 1.98. The number of benzene rings is 1. The fourth-order valence-electron chi connectivity index (χ4n) is 1.98. The molecule has 0 aliphatic heterocycles. The lowest BCUT2D eigenvalue weighted by atomic mass is 10.3. The molecule has 1 aromatic heterocycles. The van der Waals surface area contributed by atoms with Gasteiger partial charge in [0.1, 0.15) is 11.6 Å². The van der Waals surface area contributed by atoms with Gasteiger partial charge in [-0.3, -0.25) is 4.79 Å². The van der Waals surface area contributed by atoms with Gasteiger partial charge in [0.25, 0.3) is 0 Å². The first-order chi connectivity index (χ1) is 11.6. The van der Waals surface area contributed by atoms with Crippen LogP contribution in [-0.4, -0.2) is 49.6 Å². The molecule has 0 unspecified atom stereocenters. The lowest BCUT2D eigenvalue weighted by molar-refractivity contribution is -0.116. The fraction of sp³-hybridized carbons (Fsp3) is 0.333. The maximum absolute atomic E-state index is 11.9. The Morgan fingerprint density at radius 3 is 2.62 bits per heavy atom. The number of hydrogen-bond acceptors (Lipinski definition) is 5. The minimum atomic E-state index is -0.0963. The van der Waals surface area contributed by atoms with E-state index in [-0.39, 0.29) is 12.3 Å². The number of anilines is 2. The van der Waals surface area contributed by atoms with Crippen LogP contribution in [0.3, 0.4) is 0 Å². The third kappa shape index (κ3) is 6.66. The number of nitrogens with one attached hydrogen (secondary N) is 2. The summed E-state index contributed by atoms with van der Waals surface area (Å²) in [6.45, 7) is 2.09. The van der Waals surface area contributed by atoms with E-state index in [1.54, 1.807) is 6.20 Å². The monoisotopic (exact) mass is 328 g/mol. The van der Waals surface area contributed by atoms with Crippen molar-refractivity contribution in [1.29, 1.82) is 0 Å². The van der Waals surface area contributed by atoms with E-state index in [0.717, 1.165) is 24.7 Å². The van der Waals surface area contributed by atoms with Gasteiger partial charge < -0.3 is 20.3 Å². The quantitative estimate of drug-likeness (QED) is 0.740. The van der Waals surface area contributed by atoms with E-state index in [2.05, 4.69) is 20.5 Å². The van der Waals surface area contributed by atoms with Crippen LogP contribution in [-0.2, 0) is 4.79 Å². The molecule has 0 saturated heterocycles. The van der Waals surface area contributed by atoms with Crippen molar-refractivity contribution in [2.24, 2.45) is 0 Å². The smallest absolute Gasteiger partial charge is 0.227 e. The first-order valence-corrected chi connectivity index (χ1v) is 7.96. The Morgan fingerprint density at radius 2 is 1.96 bits per heavy atom. The van der Waals surface area contributed by atoms with E-state index >= 15 is 0 Å². The zero-order valence-electron chi connectivity index (χ0n) is 14.2. The molecule has 2 N–H and O–H groups in total. The molecule has 24 heavy (non-hydrogen) atoms. The van der Waals surface area contributed by atoms with Gasteiger partial charge in [0, 0.05) is 13.1 Å². The molecule has 128 valence electrons. The van der Waals surface area contributed by atoms with Gasteiger partial charge in [-0.05, 0) is 38.4 Å². The molecule has 0 aliphatic carbocycles. The molecule has 0 spiro atoms. The van der Waals surface area contributed by atoms with Crippen LogP contribution in [0.4, 0.5) is 11.5 Å². The number of ether oxygens (including phenoxy) is 1. The number of rotatable bonds is 9. The summed E-state index contributed by atoms with van der Waals surface area (Å²) in [4.78, 5) is 18.3. The summed E-state index contributed by atoms with van der Waals surface area (Å²) in [5.41, 5.74) is 0.679. The maximum Gasteiger partial charge on any atom is 0.227 e. The van der Waals surface area contributed by atoms with Gasteiger partial charge in [0.05, 0.1) is 24.9 Å². The van der Waals surface area contributed by atoms with Gasteiger partial charge in [-0.25, -0.2) is 4.98 Å². The predicted octanol–water partition coefficient (Wildman–Crippen LogP) is 2.46. The first-order valence-electron chi connectivity index (χ1n) is 7.96. The van der Waals surface area contributed by atoms with Crippen molar-refractivity contribution in [2.75, 3.05) is 44.4 Å². The van der Waals surface area contributed by atoms with E-state index in [1.807, 2.05) is 56.6 Å². The Labute approximate surface area is 142 Å². The minimum Gasteiger partial charge on any atom is -0.493 e. The minimum absolute atomic E-state index is 0.0963. The lowest BCUT2D eigenvalue weighted by Gasteiger charge is -2.11. The highest BCUT2D eigenvalue weighted by atomic mass is 16.5. The molecule has 6 heteroatoms. The average Bonchev–Trinajstić information content (AvgIpc) is 2.57. The standard InChI is InChI=1S/C18H24N4O2/c1-22(2)12-11-19-17-9-8-15(14-20-17)21-18(23)10-13-24-16-6-4-3-5-7-16/h3-9,14H,10-13H2,1-2H3,(H,19,20)(H,21,23). The number of aromatic nitrogens is 1. The summed E-state index contributed by atoms with van der Waals surface area (Å²) in [6.07, 6.45) is 1.94. The van der Waals surface area contributed by atoms with Crippen molar-refractivity contribution in [3.05, 3.63) is 48.7 Å². The van der Waals surface area contributed by atoms with E-state index < -0.39 is 0 Å². The highest BCUT2D eigenvalue weighted by Crippen LogP contribution is 2.11. The van der Waals surface area contributed by atoms with Crippen LogP contribution in [0.2, 0.25) is 0 Å². The molecule has 1 amide bonds. The summed E-state index contributed by atoms with van der Waals surface area (Å²) in [5, 5.41) is 6.04. The van der Waals surface area contributed by atoms with Crippen molar-refractivity contribution in [1.82, 2.24) is 9.88 Å². The van der Waals surface area contributed by atoms with Crippen molar-refractivity contribution in [3.63, 3.8) is 0 Å². The highest BCUT2D eigenvalue weighted by Gasteiger charge is 2.04. The second kappa shape index (κ2) is 9.52. The number of hydrogen-bond donors (Lipinski definition) is 2. The molecule has 1 heterocycles. The molecule has 0 radical (unpaired) electrons. The number of amides is 1. The number of carbonyl (C=O) groups is 1. The Balaban J connectivity index is 1.69. The van der Waals surface area contributed by atoms with Crippen LogP contribution in [0.15, 0.2) is 48.7 Å². The van der Waals surface area contributed by atoms with Crippen LogP contribution in [0.25, 0.3) is 0 Å². The number of pyridine rings is 1. The van der Waals surface area contributed by atoms with Gasteiger partial charge in [-0.15, -0.1) is 0 Å².